The quantitative estimate of drug-likeness (QED) is 0.769. The third-order valence-electron chi connectivity index (χ3n) is 3.19. The fraction of sp³-hybridized carbons (Fsp3) is 0.462. The lowest BCUT2D eigenvalue weighted by molar-refractivity contribution is -0.160. The van der Waals surface area contributed by atoms with E-state index in [1.165, 1.54) is 6.92 Å². The van der Waals surface area contributed by atoms with Gasteiger partial charge >= 0.3 is 5.97 Å². The Bertz CT molecular complexity index is 588. The van der Waals surface area contributed by atoms with Crippen LogP contribution in [0.2, 0.25) is 0 Å². The summed E-state index contributed by atoms with van der Waals surface area (Å²) in [5.74, 6) is -0.266. The highest BCUT2D eigenvalue weighted by Crippen LogP contribution is 2.26. The number of aromatic nitrogens is 3. The van der Waals surface area contributed by atoms with Crippen LogP contribution in [0.1, 0.15) is 26.0 Å². The van der Waals surface area contributed by atoms with Gasteiger partial charge in [-0.1, -0.05) is 17.3 Å². The summed E-state index contributed by atoms with van der Waals surface area (Å²) in [7, 11) is 0. The van der Waals surface area contributed by atoms with Gasteiger partial charge in [0, 0.05) is 6.92 Å². The van der Waals surface area contributed by atoms with Gasteiger partial charge in [0.25, 0.3) is 0 Å². The van der Waals surface area contributed by atoms with E-state index in [1.807, 2.05) is 24.3 Å². The van der Waals surface area contributed by atoms with E-state index in [-0.39, 0.29) is 18.3 Å². The number of para-hydroxylation sites is 1. The molecule has 3 rings (SSSR count). The number of nitrogens with zero attached hydrogens (tertiary/aromatic N) is 3. The third kappa shape index (κ3) is 2.44. The summed E-state index contributed by atoms with van der Waals surface area (Å²) in [5.41, 5.74) is 1.81. The first-order valence-electron chi connectivity index (χ1n) is 6.33. The van der Waals surface area contributed by atoms with Crippen molar-refractivity contribution >= 4 is 17.0 Å². The minimum absolute atomic E-state index is 0.140. The van der Waals surface area contributed by atoms with E-state index in [0.29, 0.717) is 6.61 Å². The molecular formula is C13H15N3O3. The van der Waals surface area contributed by atoms with Gasteiger partial charge in [0.15, 0.2) is 6.23 Å². The van der Waals surface area contributed by atoms with E-state index in [2.05, 4.69) is 10.3 Å². The minimum atomic E-state index is -0.266. The van der Waals surface area contributed by atoms with E-state index in [1.54, 1.807) is 4.68 Å². The normalized spacial score (nSPS) is 23.4. The summed E-state index contributed by atoms with van der Waals surface area (Å²) < 4.78 is 12.7. The van der Waals surface area contributed by atoms with Crippen molar-refractivity contribution in [3.8, 4) is 0 Å². The van der Waals surface area contributed by atoms with Gasteiger partial charge in [-0.2, -0.15) is 0 Å². The second-order valence-corrected chi connectivity index (χ2v) is 4.62. The van der Waals surface area contributed by atoms with E-state index >= 15 is 0 Å². The van der Waals surface area contributed by atoms with Crippen molar-refractivity contribution in [1.82, 2.24) is 15.0 Å². The Labute approximate surface area is 110 Å². The second kappa shape index (κ2) is 4.97. The van der Waals surface area contributed by atoms with Gasteiger partial charge in [-0.15, -0.1) is 5.10 Å². The van der Waals surface area contributed by atoms with Gasteiger partial charge < -0.3 is 9.47 Å². The van der Waals surface area contributed by atoms with Crippen LogP contribution in [0, 0.1) is 0 Å². The van der Waals surface area contributed by atoms with Crippen molar-refractivity contribution in [3.63, 3.8) is 0 Å². The zero-order valence-electron chi connectivity index (χ0n) is 10.7. The Morgan fingerprint density at radius 1 is 1.42 bits per heavy atom. The third-order valence-corrected chi connectivity index (χ3v) is 3.19. The van der Waals surface area contributed by atoms with Crippen molar-refractivity contribution in [1.29, 1.82) is 0 Å². The van der Waals surface area contributed by atoms with Gasteiger partial charge in [0.1, 0.15) is 11.6 Å². The molecule has 0 N–H and O–H groups in total. The maximum absolute atomic E-state index is 10.9. The van der Waals surface area contributed by atoms with Crippen LogP contribution < -0.4 is 0 Å². The molecule has 1 fully saturated rings. The van der Waals surface area contributed by atoms with Gasteiger partial charge in [-0.25, -0.2) is 4.68 Å². The van der Waals surface area contributed by atoms with E-state index in [9.17, 15) is 4.79 Å². The van der Waals surface area contributed by atoms with Crippen LogP contribution in [-0.2, 0) is 14.3 Å². The number of esters is 1. The number of carbonyl (C=O) groups excluding carboxylic acids is 1. The predicted molar refractivity (Wildman–Crippen MR) is 67.3 cm³/mol. The SMILES string of the molecule is CC(=O)O[C@H]1CC[C@H](n2nnc3ccccc32)OC1. The van der Waals surface area contributed by atoms with Crippen molar-refractivity contribution in [2.45, 2.75) is 32.1 Å². The Morgan fingerprint density at radius 2 is 2.26 bits per heavy atom. The summed E-state index contributed by atoms with van der Waals surface area (Å²) in [5, 5.41) is 8.25. The topological polar surface area (TPSA) is 66.2 Å². The Kier molecular flexibility index (Phi) is 3.16. The minimum Gasteiger partial charge on any atom is -0.460 e. The second-order valence-electron chi connectivity index (χ2n) is 4.62. The van der Waals surface area contributed by atoms with E-state index in [0.717, 1.165) is 23.9 Å². The monoisotopic (exact) mass is 261 g/mol. The molecule has 1 aromatic carbocycles. The Hall–Kier alpha value is -1.95. The molecule has 1 aromatic heterocycles. The molecule has 19 heavy (non-hydrogen) atoms. The van der Waals surface area contributed by atoms with Gasteiger partial charge in [0.2, 0.25) is 0 Å². The first-order valence-corrected chi connectivity index (χ1v) is 6.33. The highest BCUT2D eigenvalue weighted by Gasteiger charge is 2.26. The number of carbonyl (C=O) groups is 1. The number of benzene rings is 1. The van der Waals surface area contributed by atoms with Crippen LogP contribution in [0.15, 0.2) is 24.3 Å². The number of rotatable bonds is 2. The first kappa shape index (κ1) is 12.1. The van der Waals surface area contributed by atoms with Gasteiger partial charge in [0.05, 0.1) is 12.1 Å². The summed E-state index contributed by atoms with van der Waals surface area (Å²) in [4.78, 5) is 10.9. The molecule has 0 unspecified atom stereocenters. The molecule has 1 aliphatic heterocycles. The standard InChI is InChI=1S/C13H15N3O3/c1-9(17)19-10-6-7-13(18-8-10)16-12-5-3-2-4-11(12)14-15-16/h2-5,10,13H,6-8H2,1H3/t10-,13+/m0/s1. The predicted octanol–water partition coefficient (Wildman–Crippen LogP) is 1.67. The average molecular weight is 261 g/mol. The van der Waals surface area contributed by atoms with Crippen molar-refractivity contribution in [2.75, 3.05) is 6.61 Å². The van der Waals surface area contributed by atoms with Crippen LogP contribution in [0.25, 0.3) is 11.0 Å². The van der Waals surface area contributed by atoms with E-state index in [4.69, 9.17) is 9.47 Å². The molecule has 0 spiro atoms. The summed E-state index contributed by atoms with van der Waals surface area (Å²) in [6, 6.07) is 7.77. The molecule has 1 saturated heterocycles. The van der Waals surface area contributed by atoms with Crippen LogP contribution in [0.4, 0.5) is 0 Å². The molecule has 0 amide bonds. The average Bonchev–Trinajstić information content (AvgIpc) is 2.83. The largest absolute Gasteiger partial charge is 0.460 e. The van der Waals surface area contributed by atoms with Crippen LogP contribution in [0.3, 0.4) is 0 Å². The first-order chi connectivity index (χ1) is 9.24. The summed E-state index contributed by atoms with van der Waals surface area (Å²) in [6.45, 7) is 1.81. The lowest BCUT2D eigenvalue weighted by Crippen LogP contribution is -2.31. The molecule has 2 aromatic rings. The Balaban J connectivity index is 1.73. The number of ether oxygens (including phenoxy) is 2. The molecular weight excluding hydrogens is 246 g/mol. The number of hydrogen-bond donors (Lipinski definition) is 0. The van der Waals surface area contributed by atoms with E-state index < -0.39 is 0 Å². The zero-order valence-corrected chi connectivity index (χ0v) is 10.7. The van der Waals surface area contributed by atoms with Gasteiger partial charge in [-0.3, -0.25) is 4.79 Å². The van der Waals surface area contributed by atoms with Crippen molar-refractivity contribution in [2.24, 2.45) is 0 Å². The van der Waals surface area contributed by atoms with Crippen LogP contribution in [0.5, 0.6) is 0 Å². The molecule has 0 aliphatic carbocycles. The molecule has 1 aliphatic rings. The number of fused-ring (bicyclic) bond motifs is 1. The molecule has 6 heteroatoms. The maximum atomic E-state index is 10.9. The summed E-state index contributed by atoms with van der Waals surface area (Å²) >= 11 is 0. The highest BCUT2D eigenvalue weighted by molar-refractivity contribution is 5.73. The Morgan fingerprint density at radius 3 is 3.00 bits per heavy atom. The fourth-order valence-electron chi connectivity index (χ4n) is 2.33. The number of hydrogen-bond acceptors (Lipinski definition) is 5. The molecule has 2 heterocycles. The van der Waals surface area contributed by atoms with Crippen LogP contribution in [-0.4, -0.2) is 33.7 Å². The van der Waals surface area contributed by atoms with Gasteiger partial charge in [-0.05, 0) is 25.0 Å². The molecule has 6 nitrogen and oxygen atoms in total. The lowest BCUT2D eigenvalue weighted by atomic mass is 10.1. The van der Waals surface area contributed by atoms with Crippen molar-refractivity contribution in [3.05, 3.63) is 24.3 Å². The maximum Gasteiger partial charge on any atom is 0.302 e. The fourth-order valence-corrected chi connectivity index (χ4v) is 2.33. The smallest absolute Gasteiger partial charge is 0.302 e. The molecule has 0 saturated carbocycles. The molecule has 100 valence electrons. The molecule has 0 radical (unpaired) electrons. The molecule has 2 atom stereocenters. The van der Waals surface area contributed by atoms with Crippen LogP contribution >= 0.6 is 0 Å². The van der Waals surface area contributed by atoms with Crippen molar-refractivity contribution < 1.29 is 14.3 Å². The summed E-state index contributed by atoms with van der Waals surface area (Å²) in [6.07, 6.45) is 1.24. The zero-order chi connectivity index (χ0) is 13.2. The highest BCUT2D eigenvalue weighted by atomic mass is 16.6. The lowest BCUT2D eigenvalue weighted by Gasteiger charge is -2.28. The molecule has 0 bridgehead atoms.